The molecule has 9 heteroatoms. The van der Waals surface area contributed by atoms with Crippen molar-refractivity contribution in [3.63, 3.8) is 0 Å². The monoisotopic (exact) mass is 392 g/mol. The van der Waals surface area contributed by atoms with Crippen molar-refractivity contribution in [1.82, 2.24) is 0 Å². The third-order valence-corrected chi connectivity index (χ3v) is 4.49. The Balaban J connectivity index is 1.67. The molecule has 0 aliphatic heterocycles. The van der Waals surface area contributed by atoms with Gasteiger partial charge in [0.1, 0.15) is 19.0 Å². The maximum absolute atomic E-state index is 11.9. The van der Waals surface area contributed by atoms with Gasteiger partial charge in [0.25, 0.3) is 0 Å². The van der Waals surface area contributed by atoms with E-state index >= 15 is 0 Å². The van der Waals surface area contributed by atoms with Crippen molar-refractivity contribution < 1.29 is 27.5 Å². The van der Waals surface area contributed by atoms with E-state index in [1.165, 1.54) is 24.3 Å². The summed E-state index contributed by atoms with van der Waals surface area (Å²) in [6.07, 6.45) is 0.00486. The van der Waals surface area contributed by atoms with E-state index in [9.17, 15) is 18.0 Å². The second-order valence-electron chi connectivity index (χ2n) is 5.63. The van der Waals surface area contributed by atoms with Gasteiger partial charge in [-0.1, -0.05) is 0 Å². The van der Waals surface area contributed by atoms with Gasteiger partial charge in [0.05, 0.1) is 11.3 Å². The maximum atomic E-state index is 11.9. The number of esters is 1. The zero-order valence-corrected chi connectivity index (χ0v) is 15.3. The van der Waals surface area contributed by atoms with Gasteiger partial charge in [-0.25, -0.2) is 13.6 Å². The predicted octanol–water partition coefficient (Wildman–Crippen LogP) is 1.50. The first kappa shape index (κ1) is 20.4. The quantitative estimate of drug-likeness (QED) is 0.285. The Morgan fingerprint density at radius 3 is 2.11 bits per heavy atom. The summed E-state index contributed by atoms with van der Waals surface area (Å²) in [4.78, 5) is 23.6. The van der Waals surface area contributed by atoms with Crippen molar-refractivity contribution in [3.05, 3.63) is 54.1 Å². The molecule has 0 heterocycles. The summed E-state index contributed by atoms with van der Waals surface area (Å²) >= 11 is 0. The van der Waals surface area contributed by atoms with Crippen LogP contribution in [-0.4, -0.2) is 33.4 Å². The number of sulfonamides is 1. The van der Waals surface area contributed by atoms with Crippen molar-refractivity contribution in [1.29, 1.82) is 0 Å². The molecule has 0 aliphatic carbocycles. The number of benzene rings is 2. The molecule has 0 fully saturated rings. The molecule has 0 saturated heterocycles. The molecule has 0 aliphatic rings. The van der Waals surface area contributed by atoms with Crippen molar-refractivity contribution in [2.75, 3.05) is 18.9 Å². The molecule has 2 aromatic rings. The highest BCUT2D eigenvalue weighted by Gasteiger charge is 2.10. The number of Topliss-reactive ketones (excluding diaryl/α,β-unsaturated/α-hetero) is 1. The first-order chi connectivity index (χ1) is 12.8. The lowest BCUT2D eigenvalue weighted by Crippen LogP contribution is -2.14. The molecule has 8 nitrogen and oxygen atoms in total. The minimum atomic E-state index is -3.75. The lowest BCUT2D eigenvalue weighted by molar-refractivity contribution is -0.144. The fourth-order valence-corrected chi connectivity index (χ4v) is 2.66. The SMILES string of the molecule is Nc1ccc(C(=O)CCC(=O)OCCOc2ccc(S(N)(=O)=O)cc2)cc1. The van der Waals surface area contributed by atoms with Gasteiger partial charge in [-0.2, -0.15) is 0 Å². The molecule has 0 spiro atoms. The Hall–Kier alpha value is -2.91. The lowest BCUT2D eigenvalue weighted by atomic mass is 10.1. The molecular weight excluding hydrogens is 372 g/mol. The molecule has 2 rings (SSSR count). The van der Waals surface area contributed by atoms with E-state index < -0.39 is 16.0 Å². The molecule has 144 valence electrons. The summed E-state index contributed by atoms with van der Waals surface area (Å²) in [7, 11) is -3.75. The molecule has 0 saturated carbocycles. The molecule has 0 aromatic heterocycles. The van der Waals surface area contributed by atoms with Crippen LogP contribution in [0.15, 0.2) is 53.4 Å². The Kier molecular flexibility index (Phi) is 6.91. The Morgan fingerprint density at radius 2 is 1.52 bits per heavy atom. The van der Waals surface area contributed by atoms with E-state index in [4.69, 9.17) is 20.3 Å². The smallest absolute Gasteiger partial charge is 0.306 e. The second-order valence-corrected chi connectivity index (χ2v) is 7.19. The molecule has 0 atom stereocenters. The normalized spacial score (nSPS) is 11.0. The summed E-state index contributed by atoms with van der Waals surface area (Å²) in [6, 6.07) is 12.0. The number of ether oxygens (including phenoxy) is 2. The van der Waals surface area contributed by atoms with Gasteiger partial charge in [-0.3, -0.25) is 9.59 Å². The van der Waals surface area contributed by atoms with Gasteiger partial charge in [0.2, 0.25) is 10.0 Å². The van der Waals surface area contributed by atoms with Crippen molar-refractivity contribution in [2.45, 2.75) is 17.7 Å². The highest BCUT2D eigenvalue weighted by Crippen LogP contribution is 2.14. The Morgan fingerprint density at radius 1 is 0.889 bits per heavy atom. The fraction of sp³-hybridized carbons (Fsp3) is 0.222. The number of carbonyl (C=O) groups excluding carboxylic acids is 2. The van der Waals surface area contributed by atoms with Crippen LogP contribution in [0.3, 0.4) is 0 Å². The minimum Gasteiger partial charge on any atom is -0.490 e. The van der Waals surface area contributed by atoms with E-state index in [1.807, 2.05) is 0 Å². The second kappa shape index (κ2) is 9.15. The van der Waals surface area contributed by atoms with Crippen LogP contribution in [0.2, 0.25) is 0 Å². The highest BCUT2D eigenvalue weighted by molar-refractivity contribution is 7.89. The van der Waals surface area contributed by atoms with Crippen molar-refractivity contribution in [2.24, 2.45) is 5.14 Å². The summed E-state index contributed by atoms with van der Waals surface area (Å²) in [5.41, 5.74) is 6.61. The lowest BCUT2D eigenvalue weighted by Gasteiger charge is -2.08. The van der Waals surface area contributed by atoms with Gasteiger partial charge in [0, 0.05) is 17.7 Å². The van der Waals surface area contributed by atoms with Crippen LogP contribution in [0.25, 0.3) is 0 Å². The highest BCUT2D eigenvalue weighted by atomic mass is 32.2. The molecule has 4 N–H and O–H groups in total. The van der Waals surface area contributed by atoms with E-state index in [0.717, 1.165) is 0 Å². The van der Waals surface area contributed by atoms with Gasteiger partial charge >= 0.3 is 5.97 Å². The van der Waals surface area contributed by atoms with Crippen LogP contribution in [0.5, 0.6) is 5.75 Å². The number of nitrogen functional groups attached to an aromatic ring is 1. The molecule has 0 amide bonds. The van der Waals surface area contributed by atoms with Crippen LogP contribution in [0.1, 0.15) is 23.2 Å². The van der Waals surface area contributed by atoms with E-state index in [-0.39, 0.29) is 36.7 Å². The summed E-state index contributed by atoms with van der Waals surface area (Å²) in [5.74, 6) is -0.262. The average Bonchev–Trinajstić information content (AvgIpc) is 2.63. The van der Waals surface area contributed by atoms with Crippen molar-refractivity contribution in [3.8, 4) is 5.75 Å². The fourth-order valence-electron chi connectivity index (χ4n) is 2.14. The number of ketones is 1. The standard InChI is InChI=1S/C18H20N2O6S/c19-14-3-1-13(2-4-14)17(21)9-10-18(22)26-12-11-25-15-5-7-16(8-6-15)27(20,23)24/h1-8H,9-12,19H2,(H2,20,23,24). The number of hydrogen-bond acceptors (Lipinski definition) is 7. The number of hydrogen-bond donors (Lipinski definition) is 2. The molecule has 2 aromatic carbocycles. The number of carbonyl (C=O) groups is 2. The predicted molar refractivity (Wildman–Crippen MR) is 98.7 cm³/mol. The Labute approximate surface area is 157 Å². The van der Waals surface area contributed by atoms with Crippen LogP contribution >= 0.6 is 0 Å². The molecule has 0 radical (unpaired) electrons. The first-order valence-corrected chi connectivity index (χ1v) is 9.60. The number of nitrogens with two attached hydrogens (primary N) is 2. The van der Waals surface area contributed by atoms with Crippen LogP contribution in [0.4, 0.5) is 5.69 Å². The summed E-state index contributed by atoms with van der Waals surface area (Å²) in [5, 5.41) is 5.00. The zero-order valence-electron chi connectivity index (χ0n) is 14.5. The van der Waals surface area contributed by atoms with E-state index in [0.29, 0.717) is 17.0 Å². The molecule has 0 bridgehead atoms. The van der Waals surface area contributed by atoms with Crippen LogP contribution in [-0.2, 0) is 19.6 Å². The number of primary sulfonamides is 1. The minimum absolute atomic E-state index is 0.00579. The third-order valence-electron chi connectivity index (χ3n) is 3.56. The number of rotatable bonds is 9. The Bertz CT molecular complexity index is 892. The van der Waals surface area contributed by atoms with Gasteiger partial charge in [-0.05, 0) is 48.5 Å². The third kappa shape index (κ3) is 6.72. The topological polar surface area (TPSA) is 139 Å². The van der Waals surface area contributed by atoms with Crippen LogP contribution in [0, 0.1) is 0 Å². The van der Waals surface area contributed by atoms with Gasteiger partial charge in [-0.15, -0.1) is 0 Å². The molecule has 27 heavy (non-hydrogen) atoms. The summed E-state index contributed by atoms with van der Waals surface area (Å²) in [6.45, 7) is 0.0954. The van der Waals surface area contributed by atoms with E-state index in [2.05, 4.69) is 0 Å². The van der Waals surface area contributed by atoms with E-state index in [1.54, 1.807) is 24.3 Å². The first-order valence-electron chi connectivity index (χ1n) is 8.06. The van der Waals surface area contributed by atoms with Crippen LogP contribution < -0.4 is 15.6 Å². The summed E-state index contributed by atoms with van der Waals surface area (Å²) < 4.78 is 32.6. The largest absolute Gasteiger partial charge is 0.490 e. The van der Waals surface area contributed by atoms with Gasteiger partial charge in [0.15, 0.2) is 5.78 Å². The average molecular weight is 392 g/mol. The molecule has 0 unspecified atom stereocenters. The van der Waals surface area contributed by atoms with Crippen molar-refractivity contribution >= 4 is 27.5 Å². The maximum Gasteiger partial charge on any atom is 0.306 e. The van der Waals surface area contributed by atoms with Gasteiger partial charge < -0.3 is 15.2 Å². The molecular formula is C18H20N2O6S. The zero-order chi connectivity index (χ0) is 19.9. The number of anilines is 1.